The van der Waals surface area contributed by atoms with Crippen molar-refractivity contribution < 1.29 is 9.47 Å². The van der Waals surface area contributed by atoms with E-state index in [1.54, 1.807) is 14.2 Å². The van der Waals surface area contributed by atoms with Gasteiger partial charge in [-0.3, -0.25) is 0 Å². The Labute approximate surface area is 247 Å². The Morgan fingerprint density at radius 3 is 1.02 bits per heavy atom. The van der Waals surface area contributed by atoms with Crippen molar-refractivity contribution >= 4 is 34.1 Å². The molecule has 6 aromatic rings. The first-order chi connectivity index (χ1) is 20.7. The molecule has 0 N–H and O–H groups in total. The molecule has 0 atom stereocenters. The number of benzene rings is 6. The molecule has 0 radical (unpaired) electrons. The fourth-order valence-corrected chi connectivity index (χ4v) is 5.15. The topological polar surface area (TPSA) is 24.9 Å². The lowest BCUT2D eigenvalue weighted by atomic mass is 10.0. The average Bonchev–Trinajstić information content (AvgIpc) is 3.07. The number of hydrogen-bond acceptors (Lipinski definition) is 4. The lowest BCUT2D eigenvalue weighted by Gasteiger charge is -2.26. The van der Waals surface area contributed by atoms with E-state index in [9.17, 15) is 0 Å². The maximum atomic E-state index is 5.51. The van der Waals surface area contributed by atoms with Gasteiger partial charge in [-0.1, -0.05) is 72.8 Å². The van der Waals surface area contributed by atoms with E-state index < -0.39 is 0 Å². The summed E-state index contributed by atoms with van der Waals surface area (Å²) in [6.45, 7) is 0. The van der Waals surface area contributed by atoms with Crippen molar-refractivity contribution in [1.29, 1.82) is 0 Å². The Bertz CT molecular complexity index is 1600. The van der Waals surface area contributed by atoms with Gasteiger partial charge in [0.05, 0.1) is 14.2 Å². The van der Waals surface area contributed by atoms with Crippen LogP contribution in [-0.2, 0) is 0 Å². The van der Waals surface area contributed by atoms with Crippen LogP contribution in [-0.4, -0.2) is 14.2 Å². The number of rotatable bonds is 9. The second-order valence-electron chi connectivity index (χ2n) is 9.84. The molecule has 0 aliphatic rings. The summed E-state index contributed by atoms with van der Waals surface area (Å²) >= 11 is 0. The quantitative estimate of drug-likeness (QED) is 0.179. The van der Waals surface area contributed by atoms with E-state index in [0.29, 0.717) is 0 Å². The van der Waals surface area contributed by atoms with E-state index in [0.717, 1.165) is 56.8 Å². The van der Waals surface area contributed by atoms with Crippen molar-refractivity contribution in [3.8, 4) is 22.6 Å². The zero-order valence-electron chi connectivity index (χ0n) is 23.7. The molecule has 0 aliphatic heterocycles. The van der Waals surface area contributed by atoms with E-state index in [1.165, 1.54) is 0 Å². The second-order valence-corrected chi connectivity index (χ2v) is 9.84. The number of ether oxygens (including phenoxy) is 2. The third-order valence-electron chi connectivity index (χ3n) is 7.24. The van der Waals surface area contributed by atoms with Crippen molar-refractivity contribution in [2.45, 2.75) is 0 Å². The highest BCUT2D eigenvalue weighted by molar-refractivity contribution is 5.81. The van der Waals surface area contributed by atoms with Crippen LogP contribution in [0.25, 0.3) is 11.1 Å². The van der Waals surface area contributed by atoms with Gasteiger partial charge in [0, 0.05) is 46.3 Å². The zero-order chi connectivity index (χ0) is 28.7. The fraction of sp³-hybridized carbons (Fsp3) is 0.0526. The monoisotopic (exact) mass is 548 g/mol. The van der Waals surface area contributed by atoms with E-state index in [4.69, 9.17) is 9.47 Å². The molecule has 0 fully saturated rings. The summed E-state index contributed by atoms with van der Waals surface area (Å²) in [4.78, 5) is 4.47. The van der Waals surface area contributed by atoms with Gasteiger partial charge >= 0.3 is 0 Å². The third-order valence-corrected chi connectivity index (χ3v) is 7.24. The normalized spacial score (nSPS) is 10.6. The highest BCUT2D eigenvalue weighted by Gasteiger charge is 2.15. The predicted octanol–water partition coefficient (Wildman–Crippen LogP) is 10.3. The minimum Gasteiger partial charge on any atom is -0.497 e. The van der Waals surface area contributed by atoms with Crippen LogP contribution in [0.1, 0.15) is 0 Å². The van der Waals surface area contributed by atoms with Crippen LogP contribution in [0.3, 0.4) is 0 Å². The summed E-state index contributed by atoms with van der Waals surface area (Å²) in [5.41, 5.74) is 8.69. The van der Waals surface area contributed by atoms with Crippen LogP contribution in [0.4, 0.5) is 34.1 Å². The van der Waals surface area contributed by atoms with E-state index >= 15 is 0 Å². The number of para-hydroxylation sites is 2. The summed E-state index contributed by atoms with van der Waals surface area (Å²) in [5.74, 6) is 1.65. The second kappa shape index (κ2) is 12.4. The van der Waals surface area contributed by atoms with Crippen LogP contribution in [0.15, 0.2) is 158 Å². The summed E-state index contributed by atoms with van der Waals surface area (Å²) in [7, 11) is 3.39. The van der Waals surface area contributed by atoms with Gasteiger partial charge in [-0.25, -0.2) is 0 Å². The lowest BCUT2D eigenvalue weighted by molar-refractivity contribution is 0.415. The number of anilines is 6. The minimum atomic E-state index is 0.823. The molecule has 0 spiro atoms. The standard InChI is InChI=1S/C38H32N2O2/c1-41-37-17-9-15-35(27-37)39(31-11-5-3-6-12-31)33-23-19-29(20-24-33)30-21-25-34(26-22-30)40(32-13-7-4-8-14-32)36-16-10-18-38(28-36)42-2/h3-28H,1-2H3. The first-order valence-corrected chi connectivity index (χ1v) is 13.9. The molecular weight excluding hydrogens is 516 g/mol. The Hall–Kier alpha value is -5.48. The molecule has 4 nitrogen and oxygen atoms in total. The molecule has 0 heterocycles. The molecule has 42 heavy (non-hydrogen) atoms. The Morgan fingerprint density at radius 1 is 0.333 bits per heavy atom. The third kappa shape index (κ3) is 5.70. The van der Waals surface area contributed by atoms with Gasteiger partial charge in [0.2, 0.25) is 0 Å². The van der Waals surface area contributed by atoms with Crippen molar-refractivity contribution in [1.82, 2.24) is 0 Å². The van der Waals surface area contributed by atoms with Crippen molar-refractivity contribution in [2.75, 3.05) is 24.0 Å². The van der Waals surface area contributed by atoms with Gasteiger partial charge in [-0.05, 0) is 83.9 Å². The molecule has 0 aliphatic carbocycles. The van der Waals surface area contributed by atoms with Crippen LogP contribution in [0, 0.1) is 0 Å². The van der Waals surface area contributed by atoms with Gasteiger partial charge in [0.25, 0.3) is 0 Å². The summed E-state index contributed by atoms with van der Waals surface area (Å²) < 4.78 is 11.0. The number of methoxy groups -OCH3 is 2. The van der Waals surface area contributed by atoms with Crippen molar-refractivity contribution in [2.24, 2.45) is 0 Å². The Balaban J connectivity index is 1.32. The van der Waals surface area contributed by atoms with Crippen molar-refractivity contribution in [3.63, 3.8) is 0 Å². The summed E-state index contributed by atoms with van der Waals surface area (Å²) in [6.07, 6.45) is 0. The van der Waals surface area contributed by atoms with E-state index in [2.05, 4.69) is 131 Å². The molecule has 0 unspecified atom stereocenters. The van der Waals surface area contributed by atoms with Gasteiger partial charge < -0.3 is 19.3 Å². The van der Waals surface area contributed by atoms with Crippen molar-refractivity contribution in [3.05, 3.63) is 158 Å². The first-order valence-electron chi connectivity index (χ1n) is 13.9. The minimum absolute atomic E-state index is 0.823. The highest BCUT2D eigenvalue weighted by atomic mass is 16.5. The molecule has 6 rings (SSSR count). The highest BCUT2D eigenvalue weighted by Crippen LogP contribution is 2.39. The van der Waals surface area contributed by atoms with Crippen LogP contribution >= 0.6 is 0 Å². The average molecular weight is 549 g/mol. The molecule has 0 amide bonds. The maximum Gasteiger partial charge on any atom is 0.120 e. The smallest absolute Gasteiger partial charge is 0.120 e. The van der Waals surface area contributed by atoms with Crippen LogP contribution < -0.4 is 19.3 Å². The molecule has 6 aromatic carbocycles. The maximum absolute atomic E-state index is 5.51. The molecule has 0 bridgehead atoms. The summed E-state index contributed by atoms with van der Waals surface area (Å²) in [5, 5.41) is 0. The van der Waals surface area contributed by atoms with Crippen LogP contribution in [0.5, 0.6) is 11.5 Å². The number of nitrogens with zero attached hydrogens (tertiary/aromatic N) is 2. The molecule has 0 saturated heterocycles. The summed E-state index contributed by atoms with van der Waals surface area (Å²) in [6, 6.07) is 54.4. The molecule has 206 valence electrons. The molecule has 4 heteroatoms. The molecule has 0 aromatic heterocycles. The van der Waals surface area contributed by atoms with Crippen LogP contribution in [0.2, 0.25) is 0 Å². The molecular formula is C38H32N2O2. The van der Waals surface area contributed by atoms with E-state index in [1.807, 2.05) is 36.4 Å². The Morgan fingerprint density at radius 2 is 0.667 bits per heavy atom. The largest absolute Gasteiger partial charge is 0.497 e. The molecule has 0 saturated carbocycles. The first kappa shape index (κ1) is 26.7. The lowest BCUT2D eigenvalue weighted by Crippen LogP contribution is -2.10. The Kier molecular flexibility index (Phi) is 7.87. The fourth-order valence-electron chi connectivity index (χ4n) is 5.15. The zero-order valence-corrected chi connectivity index (χ0v) is 23.7. The SMILES string of the molecule is COc1cccc(N(c2ccccc2)c2ccc(-c3ccc(N(c4ccccc4)c4cccc(OC)c4)cc3)cc2)c1. The van der Waals surface area contributed by atoms with Gasteiger partial charge in [-0.15, -0.1) is 0 Å². The van der Waals surface area contributed by atoms with Gasteiger partial charge in [0.1, 0.15) is 11.5 Å². The predicted molar refractivity (Wildman–Crippen MR) is 174 cm³/mol. The van der Waals surface area contributed by atoms with E-state index in [-0.39, 0.29) is 0 Å². The van der Waals surface area contributed by atoms with Gasteiger partial charge in [0.15, 0.2) is 0 Å². The van der Waals surface area contributed by atoms with Gasteiger partial charge in [-0.2, -0.15) is 0 Å². The number of hydrogen-bond donors (Lipinski definition) is 0.